The van der Waals surface area contributed by atoms with Gasteiger partial charge in [0, 0.05) is 16.8 Å². The number of benzene rings is 1. The van der Waals surface area contributed by atoms with E-state index in [1.165, 1.54) is 55.3 Å². The Morgan fingerprint density at radius 3 is 2.24 bits per heavy atom. The molecule has 5 aliphatic rings. The first kappa shape index (κ1) is 12.8. The number of anilines is 1. The van der Waals surface area contributed by atoms with Crippen LogP contribution in [0.5, 0.6) is 0 Å². The maximum absolute atomic E-state index is 6.47. The van der Waals surface area contributed by atoms with Gasteiger partial charge in [-0.15, -0.1) is 0 Å². The first-order valence-corrected chi connectivity index (χ1v) is 9.05. The summed E-state index contributed by atoms with van der Waals surface area (Å²) in [6.07, 6.45) is 10.2. The summed E-state index contributed by atoms with van der Waals surface area (Å²) < 4.78 is 0. The topological polar surface area (TPSA) is 12.0 Å². The van der Waals surface area contributed by atoms with E-state index in [0.29, 0.717) is 11.5 Å². The van der Waals surface area contributed by atoms with E-state index >= 15 is 0 Å². The van der Waals surface area contributed by atoms with Crippen LogP contribution in [0.25, 0.3) is 0 Å². The van der Waals surface area contributed by atoms with Crippen molar-refractivity contribution < 1.29 is 0 Å². The third kappa shape index (κ3) is 1.76. The second-order valence-corrected chi connectivity index (χ2v) is 8.81. The van der Waals surface area contributed by atoms with E-state index in [-0.39, 0.29) is 0 Å². The molecule has 6 rings (SSSR count). The molecule has 0 amide bonds. The molecule has 1 unspecified atom stereocenters. The van der Waals surface area contributed by atoms with Gasteiger partial charge in [-0.25, -0.2) is 0 Å². The molecular weight excluding hydrogens is 278 g/mol. The normalized spacial score (nSPS) is 43.0. The van der Waals surface area contributed by atoms with Crippen molar-refractivity contribution in [1.29, 1.82) is 0 Å². The van der Waals surface area contributed by atoms with Gasteiger partial charge in [-0.2, -0.15) is 0 Å². The molecule has 1 heterocycles. The summed E-state index contributed by atoms with van der Waals surface area (Å²) in [5, 5.41) is 4.88. The summed E-state index contributed by atoms with van der Waals surface area (Å²) >= 11 is 6.47. The highest BCUT2D eigenvalue weighted by Gasteiger charge is 2.55. The van der Waals surface area contributed by atoms with E-state index in [1.54, 1.807) is 0 Å². The van der Waals surface area contributed by atoms with Crippen molar-refractivity contribution in [2.24, 2.45) is 23.2 Å². The van der Waals surface area contributed by atoms with Crippen LogP contribution < -0.4 is 5.32 Å². The number of nitrogens with one attached hydrogen (secondary N) is 1. The van der Waals surface area contributed by atoms with Crippen LogP contribution in [0.3, 0.4) is 0 Å². The van der Waals surface area contributed by atoms with Gasteiger partial charge in [-0.3, -0.25) is 0 Å². The summed E-state index contributed by atoms with van der Waals surface area (Å²) in [5.41, 5.74) is 4.67. The molecule has 1 N–H and O–H groups in total. The molecule has 1 aliphatic heterocycles. The number of aryl methyl sites for hydroxylation is 1. The van der Waals surface area contributed by atoms with Crippen molar-refractivity contribution in [1.82, 2.24) is 0 Å². The molecule has 112 valence electrons. The highest BCUT2D eigenvalue weighted by atomic mass is 35.5. The Labute approximate surface area is 132 Å². The lowest BCUT2D eigenvalue weighted by Crippen LogP contribution is -2.53. The molecular formula is C19H24ClN. The van der Waals surface area contributed by atoms with Gasteiger partial charge < -0.3 is 5.32 Å². The molecule has 1 aromatic rings. The summed E-state index contributed by atoms with van der Waals surface area (Å²) in [6, 6.07) is 4.88. The SMILES string of the molecule is Cc1ccc(Cl)c2c1NC(C13CC4CC(CC(C4)C1)C3)C2. The lowest BCUT2D eigenvalue weighted by atomic mass is 9.47. The van der Waals surface area contributed by atoms with Gasteiger partial charge in [0.15, 0.2) is 0 Å². The monoisotopic (exact) mass is 301 g/mol. The molecule has 21 heavy (non-hydrogen) atoms. The molecule has 1 atom stereocenters. The van der Waals surface area contributed by atoms with E-state index in [1.807, 2.05) is 0 Å². The molecule has 2 heteroatoms. The van der Waals surface area contributed by atoms with Crippen molar-refractivity contribution in [2.45, 2.75) is 57.9 Å². The largest absolute Gasteiger partial charge is 0.381 e. The van der Waals surface area contributed by atoms with Crippen LogP contribution in [0.15, 0.2) is 12.1 Å². The second-order valence-electron chi connectivity index (χ2n) is 8.40. The Kier molecular flexibility index (Phi) is 2.56. The summed E-state index contributed by atoms with van der Waals surface area (Å²) in [4.78, 5) is 0. The van der Waals surface area contributed by atoms with Crippen LogP contribution in [0, 0.1) is 30.1 Å². The van der Waals surface area contributed by atoms with Gasteiger partial charge >= 0.3 is 0 Å². The van der Waals surface area contributed by atoms with Crippen LogP contribution in [-0.2, 0) is 6.42 Å². The van der Waals surface area contributed by atoms with Crippen LogP contribution in [-0.4, -0.2) is 6.04 Å². The molecule has 4 aliphatic carbocycles. The molecule has 0 spiro atoms. The first-order valence-electron chi connectivity index (χ1n) is 8.67. The Morgan fingerprint density at radius 2 is 1.67 bits per heavy atom. The minimum atomic E-state index is 0.573. The number of hydrogen-bond donors (Lipinski definition) is 1. The zero-order valence-electron chi connectivity index (χ0n) is 12.8. The minimum Gasteiger partial charge on any atom is -0.381 e. The zero-order valence-corrected chi connectivity index (χ0v) is 13.5. The van der Waals surface area contributed by atoms with E-state index in [2.05, 4.69) is 24.4 Å². The highest BCUT2D eigenvalue weighted by molar-refractivity contribution is 6.31. The van der Waals surface area contributed by atoms with E-state index < -0.39 is 0 Å². The zero-order chi connectivity index (χ0) is 14.2. The Bertz CT molecular complexity index is 540. The van der Waals surface area contributed by atoms with Gasteiger partial charge in [0.25, 0.3) is 0 Å². The maximum Gasteiger partial charge on any atom is 0.0459 e. The fourth-order valence-corrected chi connectivity index (χ4v) is 6.78. The Balaban J connectivity index is 1.50. The number of hydrogen-bond acceptors (Lipinski definition) is 1. The van der Waals surface area contributed by atoms with E-state index in [0.717, 1.165) is 29.2 Å². The van der Waals surface area contributed by atoms with E-state index in [4.69, 9.17) is 11.6 Å². The molecule has 1 aromatic carbocycles. The third-order valence-corrected chi connectivity index (χ3v) is 7.37. The van der Waals surface area contributed by atoms with Gasteiger partial charge in [0.05, 0.1) is 0 Å². The van der Waals surface area contributed by atoms with E-state index in [9.17, 15) is 0 Å². The van der Waals surface area contributed by atoms with Crippen LogP contribution in [0.1, 0.15) is 49.7 Å². The fourth-order valence-electron chi connectivity index (χ4n) is 6.54. The lowest BCUT2D eigenvalue weighted by molar-refractivity contribution is -0.0619. The quantitative estimate of drug-likeness (QED) is 0.751. The third-order valence-electron chi connectivity index (χ3n) is 7.02. The molecule has 4 fully saturated rings. The molecule has 0 radical (unpaired) electrons. The summed E-state index contributed by atoms with van der Waals surface area (Å²) in [7, 11) is 0. The Morgan fingerprint density at radius 1 is 1.05 bits per heavy atom. The molecule has 1 nitrogen and oxygen atoms in total. The maximum atomic E-state index is 6.47. The molecule has 4 bridgehead atoms. The lowest BCUT2D eigenvalue weighted by Gasteiger charge is -2.59. The van der Waals surface area contributed by atoms with Crippen molar-refractivity contribution in [3.05, 3.63) is 28.3 Å². The average Bonchev–Trinajstić information content (AvgIpc) is 2.89. The number of halogens is 1. The van der Waals surface area contributed by atoms with Crippen molar-refractivity contribution in [3.8, 4) is 0 Å². The predicted octanol–water partition coefficient (Wildman–Crippen LogP) is 5.20. The standard InChI is InChI=1S/C19H24ClN/c1-11-2-3-16(20)15-7-17(21-18(11)15)19-8-12-4-13(9-19)6-14(5-12)10-19/h2-3,12-14,17,21H,4-10H2,1H3. The van der Waals surface area contributed by atoms with Crippen LogP contribution in [0.2, 0.25) is 5.02 Å². The average molecular weight is 302 g/mol. The first-order chi connectivity index (χ1) is 10.1. The van der Waals surface area contributed by atoms with Crippen molar-refractivity contribution in [3.63, 3.8) is 0 Å². The van der Waals surface area contributed by atoms with Crippen LogP contribution >= 0.6 is 11.6 Å². The molecule has 0 saturated heterocycles. The summed E-state index contributed by atoms with van der Waals surface area (Å²) in [5.74, 6) is 3.08. The van der Waals surface area contributed by atoms with Gasteiger partial charge in [-0.1, -0.05) is 17.7 Å². The van der Waals surface area contributed by atoms with Gasteiger partial charge in [-0.05, 0) is 92.2 Å². The highest BCUT2D eigenvalue weighted by Crippen LogP contribution is 2.62. The molecule has 0 aromatic heterocycles. The smallest absolute Gasteiger partial charge is 0.0459 e. The number of fused-ring (bicyclic) bond motifs is 1. The number of rotatable bonds is 1. The van der Waals surface area contributed by atoms with Crippen LogP contribution in [0.4, 0.5) is 5.69 Å². The van der Waals surface area contributed by atoms with Crippen molar-refractivity contribution >= 4 is 17.3 Å². The summed E-state index contributed by atoms with van der Waals surface area (Å²) in [6.45, 7) is 2.21. The van der Waals surface area contributed by atoms with Crippen molar-refractivity contribution in [2.75, 3.05) is 5.32 Å². The predicted molar refractivity (Wildman–Crippen MR) is 87.9 cm³/mol. The molecule has 4 saturated carbocycles. The Hall–Kier alpha value is -0.690. The second kappa shape index (κ2) is 4.19. The van der Waals surface area contributed by atoms with Gasteiger partial charge in [0.1, 0.15) is 0 Å². The minimum absolute atomic E-state index is 0.573. The van der Waals surface area contributed by atoms with Gasteiger partial charge in [0.2, 0.25) is 0 Å². The fraction of sp³-hybridized carbons (Fsp3) is 0.684.